The van der Waals surface area contributed by atoms with Gasteiger partial charge in [0.05, 0.1) is 0 Å². The molecule has 0 spiro atoms. The Morgan fingerprint density at radius 2 is 1.55 bits per heavy atom. The Bertz CT molecular complexity index is 809. The van der Waals surface area contributed by atoms with E-state index in [4.69, 9.17) is 18.9 Å². The third-order valence-corrected chi connectivity index (χ3v) is 4.60. The molecule has 0 aliphatic carbocycles. The lowest BCUT2D eigenvalue weighted by Gasteiger charge is -2.24. The van der Waals surface area contributed by atoms with Gasteiger partial charge in [0.25, 0.3) is 0 Å². The summed E-state index contributed by atoms with van der Waals surface area (Å²) in [7, 11) is 0. The van der Waals surface area contributed by atoms with Gasteiger partial charge < -0.3 is 18.9 Å². The van der Waals surface area contributed by atoms with Crippen LogP contribution in [-0.4, -0.2) is 52.4 Å². The van der Waals surface area contributed by atoms with Crippen LogP contribution in [0.5, 0.6) is 0 Å². The van der Waals surface area contributed by atoms with Gasteiger partial charge in [-0.2, -0.15) is 0 Å². The van der Waals surface area contributed by atoms with Crippen molar-refractivity contribution in [2.75, 3.05) is 6.61 Å². The maximum Gasteiger partial charge on any atom is 0.349 e. The lowest BCUT2D eigenvalue weighted by molar-refractivity contribution is -0.169. The Labute approximate surface area is 180 Å². The normalized spacial score (nSPS) is 22.7. The van der Waals surface area contributed by atoms with Crippen molar-refractivity contribution in [2.45, 2.75) is 83.8 Å². The van der Waals surface area contributed by atoms with Crippen LogP contribution in [0.4, 0.5) is 0 Å². The van der Waals surface area contributed by atoms with Gasteiger partial charge in [0, 0.05) is 31.7 Å². The lowest BCUT2D eigenvalue weighted by atomic mass is 10.1. The summed E-state index contributed by atoms with van der Waals surface area (Å²) in [5.74, 6) is -1.44. The fourth-order valence-corrected chi connectivity index (χ4v) is 3.18. The maximum atomic E-state index is 12.3. The summed E-state index contributed by atoms with van der Waals surface area (Å²) in [5, 5.41) is 0. The first-order chi connectivity index (χ1) is 14.9. The molecule has 4 atom stereocenters. The molecule has 1 aromatic heterocycles. The van der Waals surface area contributed by atoms with E-state index in [1.807, 2.05) is 20.8 Å². The minimum atomic E-state index is -1.10. The number of ether oxygens (including phenoxy) is 4. The highest BCUT2D eigenvalue weighted by atomic mass is 16.7. The van der Waals surface area contributed by atoms with E-state index in [0.29, 0.717) is 19.3 Å². The smallest absolute Gasteiger partial charge is 0.349 e. The predicted octanol–water partition coefficient (Wildman–Crippen LogP) is 1.91. The third-order valence-electron chi connectivity index (χ3n) is 4.60. The van der Waals surface area contributed by atoms with Gasteiger partial charge in [0.2, 0.25) is 0 Å². The third kappa shape index (κ3) is 6.88. The average molecular weight is 438 g/mol. The summed E-state index contributed by atoms with van der Waals surface area (Å²) in [6.07, 6.45) is 0.889. The Morgan fingerprint density at radius 3 is 2.13 bits per heavy atom. The van der Waals surface area contributed by atoms with Crippen molar-refractivity contribution in [2.24, 2.45) is 0 Å². The predicted molar refractivity (Wildman–Crippen MR) is 108 cm³/mol. The molecule has 0 radical (unpaired) electrons. The molecule has 0 aromatic carbocycles. The quantitative estimate of drug-likeness (QED) is 0.376. The van der Waals surface area contributed by atoms with Crippen molar-refractivity contribution in [3.63, 3.8) is 0 Å². The van der Waals surface area contributed by atoms with Crippen LogP contribution in [-0.2, 0) is 33.3 Å². The largest absolute Gasteiger partial charge is 0.463 e. The minimum Gasteiger partial charge on any atom is -0.463 e. The SMILES string of the molecule is CCCC(=O)OC[C@H]1O[C@@H](n2cccnc2=O)[C@@H](OC(=O)CCC)[C@H]1OC(=O)CCC. The van der Waals surface area contributed by atoms with Crippen LogP contribution in [0, 0.1) is 0 Å². The van der Waals surface area contributed by atoms with Crippen molar-refractivity contribution >= 4 is 17.9 Å². The Kier molecular flexibility index (Phi) is 9.64. The van der Waals surface area contributed by atoms with Crippen LogP contribution >= 0.6 is 0 Å². The van der Waals surface area contributed by atoms with Gasteiger partial charge >= 0.3 is 23.6 Å². The number of hydrogen-bond acceptors (Lipinski definition) is 9. The topological polar surface area (TPSA) is 123 Å². The molecule has 172 valence electrons. The number of nitrogens with zero attached hydrogens (tertiary/aromatic N) is 2. The van der Waals surface area contributed by atoms with Crippen molar-refractivity contribution in [3.05, 3.63) is 28.9 Å². The molecule has 1 aromatic rings. The van der Waals surface area contributed by atoms with E-state index in [9.17, 15) is 19.2 Å². The first-order valence-corrected chi connectivity index (χ1v) is 10.6. The summed E-state index contributed by atoms with van der Waals surface area (Å²) in [4.78, 5) is 52.4. The fourth-order valence-electron chi connectivity index (χ4n) is 3.18. The standard InChI is InChI=1S/C21H30N2O8/c1-4-8-15(24)28-13-14-18(30-16(25)9-5-2)19(31-17(26)10-6-3)20(29-14)23-12-7-11-22-21(23)27/h7,11-12,14,18-20H,4-6,8-10,13H2,1-3H3/t14-,18+,19+,20-/m1/s1. The number of hydrogen-bond donors (Lipinski definition) is 0. The maximum absolute atomic E-state index is 12.3. The molecule has 31 heavy (non-hydrogen) atoms. The molecule has 0 amide bonds. The molecule has 1 aliphatic heterocycles. The molecule has 0 bridgehead atoms. The van der Waals surface area contributed by atoms with Crippen molar-refractivity contribution < 1.29 is 33.3 Å². The average Bonchev–Trinajstić information content (AvgIpc) is 3.04. The fraction of sp³-hybridized carbons (Fsp3) is 0.667. The number of rotatable bonds is 11. The molecule has 1 fully saturated rings. The molecule has 2 rings (SSSR count). The summed E-state index contributed by atoms with van der Waals surface area (Å²) >= 11 is 0. The molecular weight excluding hydrogens is 408 g/mol. The van der Waals surface area contributed by atoms with Crippen molar-refractivity contribution in [3.8, 4) is 0 Å². The minimum absolute atomic E-state index is 0.150. The van der Waals surface area contributed by atoms with Gasteiger partial charge in [-0.3, -0.25) is 19.0 Å². The van der Waals surface area contributed by atoms with E-state index in [0.717, 1.165) is 0 Å². The molecule has 2 heterocycles. The molecule has 10 nitrogen and oxygen atoms in total. The van der Waals surface area contributed by atoms with E-state index in [2.05, 4.69) is 4.98 Å². The number of carbonyl (C=O) groups is 3. The van der Waals surface area contributed by atoms with Crippen LogP contribution in [0.25, 0.3) is 0 Å². The molecule has 1 aliphatic rings. The zero-order valence-electron chi connectivity index (χ0n) is 18.2. The first kappa shape index (κ1) is 24.5. The number of esters is 3. The Morgan fingerprint density at radius 1 is 0.968 bits per heavy atom. The molecular formula is C21H30N2O8. The van der Waals surface area contributed by atoms with Crippen LogP contribution in [0.1, 0.15) is 65.5 Å². The van der Waals surface area contributed by atoms with Crippen molar-refractivity contribution in [1.29, 1.82) is 0 Å². The van der Waals surface area contributed by atoms with E-state index in [1.54, 1.807) is 0 Å². The zero-order valence-corrected chi connectivity index (χ0v) is 18.2. The lowest BCUT2D eigenvalue weighted by Crippen LogP contribution is -2.42. The summed E-state index contributed by atoms with van der Waals surface area (Å²) in [5.41, 5.74) is -0.619. The van der Waals surface area contributed by atoms with E-state index in [-0.39, 0.29) is 25.9 Å². The Hall–Kier alpha value is -2.75. The van der Waals surface area contributed by atoms with Crippen LogP contribution in [0.3, 0.4) is 0 Å². The van der Waals surface area contributed by atoms with Crippen molar-refractivity contribution in [1.82, 2.24) is 9.55 Å². The van der Waals surface area contributed by atoms with Gasteiger partial charge in [0.1, 0.15) is 12.7 Å². The highest BCUT2D eigenvalue weighted by Crippen LogP contribution is 2.34. The van der Waals surface area contributed by atoms with Gasteiger partial charge in [0.15, 0.2) is 18.4 Å². The zero-order chi connectivity index (χ0) is 22.8. The highest BCUT2D eigenvalue weighted by Gasteiger charge is 2.51. The molecule has 1 saturated heterocycles. The second-order valence-corrected chi connectivity index (χ2v) is 7.22. The molecule has 0 saturated carbocycles. The molecule has 0 unspecified atom stereocenters. The second-order valence-electron chi connectivity index (χ2n) is 7.22. The summed E-state index contributed by atoms with van der Waals surface area (Å²) < 4.78 is 23.5. The number of aromatic nitrogens is 2. The van der Waals surface area contributed by atoms with Gasteiger partial charge in [-0.1, -0.05) is 20.8 Å². The van der Waals surface area contributed by atoms with Crippen LogP contribution < -0.4 is 5.69 Å². The van der Waals surface area contributed by atoms with Crippen LogP contribution in [0.2, 0.25) is 0 Å². The van der Waals surface area contributed by atoms with Gasteiger partial charge in [-0.25, -0.2) is 9.78 Å². The van der Waals surface area contributed by atoms with E-state index >= 15 is 0 Å². The molecule has 10 heteroatoms. The van der Waals surface area contributed by atoms with Crippen LogP contribution in [0.15, 0.2) is 23.3 Å². The number of carbonyl (C=O) groups excluding carboxylic acids is 3. The monoisotopic (exact) mass is 438 g/mol. The highest BCUT2D eigenvalue weighted by molar-refractivity contribution is 5.71. The summed E-state index contributed by atoms with van der Waals surface area (Å²) in [6, 6.07) is 1.53. The van der Waals surface area contributed by atoms with Gasteiger partial charge in [-0.15, -0.1) is 0 Å². The molecule has 0 N–H and O–H groups in total. The first-order valence-electron chi connectivity index (χ1n) is 10.6. The summed E-state index contributed by atoms with van der Waals surface area (Å²) in [6.45, 7) is 5.28. The second kappa shape index (κ2) is 12.2. The Balaban J connectivity index is 2.34. The van der Waals surface area contributed by atoms with E-state index in [1.165, 1.54) is 23.0 Å². The van der Waals surface area contributed by atoms with E-state index < -0.39 is 48.1 Å². The van der Waals surface area contributed by atoms with Gasteiger partial charge in [-0.05, 0) is 25.3 Å².